The third kappa shape index (κ3) is 3.58. The summed E-state index contributed by atoms with van der Waals surface area (Å²) in [5.41, 5.74) is 0.945. The monoisotopic (exact) mass is 406 g/mol. The normalized spacial score (nSPS) is 16.0. The summed E-state index contributed by atoms with van der Waals surface area (Å²) in [6, 6.07) is 11.6. The van der Waals surface area contributed by atoms with Crippen LogP contribution in [0.4, 0.5) is 5.69 Å². The van der Waals surface area contributed by atoms with Crippen LogP contribution in [0, 0.1) is 0 Å². The van der Waals surface area contributed by atoms with Crippen molar-refractivity contribution in [2.45, 2.75) is 0 Å². The zero-order valence-corrected chi connectivity index (χ0v) is 15.8. The van der Waals surface area contributed by atoms with Crippen LogP contribution in [0.25, 0.3) is 6.08 Å². The van der Waals surface area contributed by atoms with Crippen LogP contribution in [0.5, 0.6) is 5.75 Å². The molecule has 0 atom stereocenters. The minimum atomic E-state index is -0.572. The predicted molar refractivity (Wildman–Crippen MR) is 106 cm³/mol. The van der Waals surface area contributed by atoms with Gasteiger partial charge in [-0.2, -0.15) is 0 Å². The maximum absolute atomic E-state index is 12.9. The van der Waals surface area contributed by atoms with E-state index >= 15 is 0 Å². The highest BCUT2D eigenvalue weighted by Gasteiger charge is 2.35. The largest absolute Gasteiger partial charge is 0.497 e. The molecule has 0 saturated carbocycles. The van der Waals surface area contributed by atoms with Crippen molar-refractivity contribution in [3.05, 3.63) is 63.6 Å². The summed E-state index contributed by atoms with van der Waals surface area (Å²) in [6.07, 6.45) is 1.48. The fourth-order valence-corrected chi connectivity index (χ4v) is 3.17. The van der Waals surface area contributed by atoms with Gasteiger partial charge in [0, 0.05) is 5.02 Å². The van der Waals surface area contributed by atoms with E-state index in [1.807, 2.05) is 0 Å². The minimum absolute atomic E-state index is 0.0453. The topological polar surface area (TPSA) is 58.6 Å². The molecule has 2 aromatic rings. The molecule has 1 fully saturated rings. The van der Waals surface area contributed by atoms with Crippen molar-refractivity contribution in [2.24, 2.45) is 0 Å². The van der Waals surface area contributed by atoms with Crippen LogP contribution < -0.4 is 15.0 Å². The van der Waals surface area contributed by atoms with E-state index in [2.05, 4.69) is 5.32 Å². The number of carbonyl (C=O) groups is 2. The first-order chi connectivity index (χ1) is 12.4. The van der Waals surface area contributed by atoms with Gasteiger partial charge in [0.1, 0.15) is 11.3 Å². The average Bonchev–Trinajstić information content (AvgIpc) is 2.61. The Morgan fingerprint density at radius 1 is 1.12 bits per heavy atom. The van der Waals surface area contributed by atoms with Crippen LogP contribution >= 0.6 is 35.4 Å². The molecule has 3 rings (SSSR count). The molecule has 1 saturated heterocycles. The van der Waals surface area contributed by atoms with Gasteiger partial charge in [-0.05, 0) is 54.2 Å². The van der Waals surface area contributed by atoms with Crippen LogP contribution in [0.15, 0.2) is 48.0 Å². The molecule has 8 heteroatoms. The minimum Gasteiger partial charge on any atom is -0.497 e. The lowest BCUT2D eigenvalue weighted by atomic mass is 10.1. The standard InChI is InChI=1S/C18H12Cl2N2O3S/c1-25-12-5-2-10(3-6-12)8-13-16(23)21-18(26)22(17(13)24)15-7-4-11(19)9-14(15)20/h2-9H,1H3,(H,21,23,26)/b13-8-. The number of anilines is 1. The Morgan fingerprint density at radius 2 is 1.81 bits per heavy atom. The number of halogens is 2. The molecule has 0 spiro atoms. The number of hydrogen-bond acceptors (Lipinski definition) is 4. The molecular formula is C18H12Cl2N2O3S. The zero-order chi connectivity index (χ0) is 18.8. The molecule has 2 amide bonds. The molecule has 1 heterocycles. The Bertz CT molecular complexity index is 942. The molecule has 0 aliphatic carbocycles. The summed E-state index contributed by atoms with van der Waals surface area (Å²) in [5, 5.41) is 3.13. The smallest absolute Gasteiger partial charge is 0.270 e. The summed E-state index contributed by atoms with van der Waals surface area (Å²) in [4.78, 5) is 26.3. The van der Waals surface area contributed by atoms with Gasteiger partial charge in [0.15, 0.2) is 5.11 Å². The van der Waals surface area contributed by atoms with Crippen LogP contribution in [0.2, 0.25) is 10.0 Å². The summed E-state index contributed by atoms with van der Waals surface area (Å²) in [5.74, 6) is -0.474. The van der Waals surface area contributed by atoms with E-state index in [-0.39, 0.29) is 15.7 Å². The molecule has 132 valence electrons. The van der Waals surface area contributed by atoms with Gasteiger partial charge in [0.25, 0.3) is 11.8 Å². The molecule has 0 bridgehead atoms. The first-order valence-electron chi connectivity index (χ1n) is 7.41. The van der Waals surface area contributed by atoms with Crippen LogP contribution in [-0.4, -0.2) is 24.0 Å². The predicted octanol–water partition coefficient (Wildman–Crippen LogP) is 3.83. The van der Waals surface area contributed by atoms with E-state index < -0.39 is 11.8 Å². The third-order valence-corrected chi connectivity index (χ3v) is 4.50. The quantitative estimate of drug-likeness (QED) is 0.477. The van der Waals surface area contributed by atoms with Crippen LogP contribution in [0.1, 0.15) is 5.56 Å². The maximum Gasteiger partial charge on any atom is 0.270 e. The molecule has 2 aromatic carbocycles. The number of nitrogens with one attached hydrogen (secondary N) is 1. The number of hydrogen-bond donors (Lipinski definition) is 1. The van der Waals surface area contributed by atoms with Crippen LogP contribution in [0.3, 0.4) is 0 Å². The number of ether oxygens (including phenoxy) is 1. The van der Waals surface area contributed by atoms with Gasteiger partial charge >= 0.3 is 0 Å². The van der Waals surface area contributed by atoms with E-state index in [1.54, 1.807) is 43.5 Å². The van der Waals surface area contributed by atoms with Gasteiger partial charge in [0.05, 0.1) is 17.8 Å². The molecule has 0 aromatic heterocycles. The zero-order valence-electron chi connectivity index (χ0n) is 13.5. The highest BCUT2D eigenvalue weighted by atomic mass is 35.5. The van der Waals surface area contributed by atoms with Gasteiger partial charge in [-0.15, -0.1) is 0 Å². The maximum atomic E-state index is 12.9. The second kappa shape index (κ2) is 7.45. The second-order valence-corrected chi connectivity index (χ2v) is 6.56. The molecule has 0 unspecified atom stereocenters. The van der Waals surface area contributed by atoms with Crippen LogP contribution in [-0.2, 0) is 9.59 Å². The average molecular weight is 407 g/mol. The van der Waals surface area contributed by atoms with Crippen molar-refractivity contribution >= 4 is 64.1 Å². The number of methoxy groups -OCH3 is 1. The number of benzene rings is 2. The van der Waals surface area contributed by atoms with E-state index in [9.17, 15) is 9.59 Å². The summed E-state index contributed by atoms with van der Waals surface area (Å²) < 4.78 is 5.10. The van der Waals surface area contributed by atoms with Crippen molar-refractivity contribution in [1.29, 1.82) is 0 Å². The van der Waals surface area contributed by atoms with Crippen molar-refractivity contribution in [2.75, 3.05) is 12.0 Å². The SMILES string of the molecule is COc1ccc(/C=C2/C(=O)NC(=S)N(c3ccc(Cl)cc3Cl)C2=O)cc1. The van der Waals surface area contributed by atoms with E-state index in [0.717, 1.165) is 0 Å². The Balaban J connectivity index is 2.01. The lowest BCUT2D eigenvalue weighted by molar-refractivity contribution is -0.122. The Kier molecular flexibility index (Phi) is 5.27. The van der Waals surface area contributed by atoms with E-state index in [4.69, 9.17) is 40.2 Å². The van der Waals surface area contributed by atoms with Crippen molar-refractivity contribution in [3.63, 3.8) is 0 Å². The molecule has 1 aliphatic heterocycles. The van der Waals surface area contributed by atoms with Gasteiger partial charge in [-0.25, -0.2) is 0 Å². The second-order valence-electron chi connectivity index (χ2n) is 5.33. The first-order valence-corrected chi connectivity index (χ1v) is 8.57. The number of nitrogens with zero attached hydrogens (tertiary/aromatic N) is 1. The lowest BCUT2D eigenvalue weighted by Gasteiger charge is -2.29. The lowest BCUT2D eigenvalue weighted by Crippen LogP contribution is -2.54. The molecule has 5 nitrogen and oxygen atoms in total. The fraction of sp³-hybridized carbons (Fsp3) is 0.0556. The third-order valence-electron chi connectivity index (χ3n) is 3.68. The number of carbonyl (C=O) groups excluding carboxylic acids is 2. The van der Waals surface area contributed by atoms with Gasteiger partial charge in [-0.1, -0.05) is 35.3 Å². The molecule has 1 aliphatic rings. The van der Waals surface area contributed by atoms with Crippen molar-refractivity contribution in [3.8, 4) is 5.75 Å². The molecule has 26 heavy (non-hydrogen) atoms. The highest BCUT2D eigenvalue weighted by Crippen LogP contribution is 2.31. The molecule has 0 radical (unpaired) electrons. The summed E-state index contributed by atoms with van der Waals surface area (Å²) in [6.45, 7) is 0. The van der Waals surface area contributed by atoms with Gasteiger partial charge < -0.3 is 4.74 Å². The van der Waals surface area contributed by atoms with Gasteiger partial charge in [0.2, 0.25) is 0 Å². The number of rotatable bonds is 3. The fourth-order valence-electron chi connectivity index (χ4n) is 2.41. The van der Waals surface area contributed by atoms with Crippen molar-refractivity contribution in [1.82, 2.24) is 5.32 Å². The number of amides is 2. The first kappa shape index (κ1) is 18.4. The van der Waals surface area contributed by atoms with Crippen molar-refractivity contribution < 1.29 is 14.3 Å². The summed E-state index contributed by atoms with van der Waals surface area (Å²) >= 11 is 17.2. The van der Waals surface area contributed by atoms with E-state index in [0.29, 0.717) is 22.0 Å². The van der Waals surface area contributed by atoms with Gasteiger partial charge in [-0.3, -0.25) is 19.8 Å². The number of thiocarbonyl (C=S) groups is 1. The summed E-state index contributed by atoms with van der Waals surface area (Å²) in [7, 11) is 1.56. The Hall–Kier alpha value is -2.41. The Morgan fingerprint density at radius 3 is 2.42 bits per heavy atom. The molecule has 1 N–H and O–H groups in total. The molecular weight excluding hydrogens is 395 g/mol. The van der Waals surface area contributed by atoms with E-state index in [1.165, 1.54) is 17.0 Å². The Labute approximate surface area is 165 Å². The highest BCUT2D eigenvalue weighted by molar-refractivity contribution is 7.80.